The van der Waals surface area contributed by atoms with E-state index in [1.807, 2.05) is 11.3 Å². The Morgan fingerprint density at radius 1 is 1.29 bits per heavy atom. The molecule has 1 heterocycles. The predicted molar refractivity (Wildman–Crippen MR) is 92.2 cm³/mol. The summed E-state index contributed by atoms with van der Waals surface area (Å²) in [5, 5.41) is 8.32. The average molecular weight is 299 g/mol. The van der Waals surface area contributed by atoms with Crippen molar-refractivity contribution in [2.75, 3.05) is 6.54 Å². The van der Waals surface area contributed by atoms with E-state index in [9.17, 15) is 0 Å². The minimum atomic E-state index is 0.570. The minimum absolute atomic E-state index is 0.570. The van der Waals surface area contributed by atoms with Crippen LogP contribution in [0.25, 0.3) is 0 Å². The fourth-order valence-corrected chi connectivity index (χ4v) is 4.24. The van der Waals surface area contributed by atoms with E-state index in [0.717, 1.165) is 13.0 Å². The van der Waals surface area contributed by atoms with Crippen molar-refractivity contribution in [1.82, 2.24) is 5.32 Å². The van der Waals surface area contributed by atoms with Gasteiger partial charge in [0.25, 0.3) is 0 Å². The lowest BCUT2D eigenvalue weighted by Crippen LogP contribution is -2.38. The van der Waals surface area contributed by atoms with Crippen LogP contribution in [0, 0.1) is 0 Å². The minimum Gasteiger partial charge on any atom is -0.313 e. The van der Waals surface area contributed by atoms with E-state index in [1.165, 1.54) is 31.2 Å². The molecule has 112 valence electrons. The molecule has 2 atom stereocenters. The molecule has 3 rings (SSSR count). The highest BCUT2D eigenvalue weighted by molar-refractivity contribution is 7.07. The van der Waals surface area contributed by atoms with E-state index in [1.54, 1.807) is 11.1 Å². The molecule has 0 saturated carbocycles. The zero-order valence-corrected chi connectivity index (χ0v) is 13.7. The Bertz CT molecular complexity index is 546. The first-order valence-electron chi connectivity index (χ1n) is 8.20. The van der Waals surface area contributed by atoms with Crippen molar-refractivity contribution in [3.63, 3.8) is 0 Å². The molecule has 2 aromatic rings. The van der Waals surface area contributed by atoms with E-state index >= 15 is 0 Å². The zero-order valence-electron chi connectivity index (χ0n) is 12.8. The Hall–Kier alpha value is -1.12. The maximum Gasteiger partial charge on any atom is 0.0177 e. The molecule has 2 heteroatoms. The van der Waals surface area contributed by atoms with Gasteiger partial charge >= 0.3 is 0 Å². The van der Waals surface area contributed by atoms with E-state index in [2.05, 4.69) is 53.3 Å². The molecule has 1 aliphatic rings. The summed E-state index contributed by atoms with van der Waals surface area (Å²) in [6, 6.07) is 11.9. The summed E-state index contributed by atoms with van der Waals surface area (Å²) >= 11 is 1.81. The van der Waals surface area contributed by atoms with Crippen LogP contribution in [-0.2, 0) is 12.8 Å². The highest BCUT2D eigenvalue weighted by Gasteiger charge is 2.27. The van der Waals surface area contributed by atoms with E-state index < -0.39 is 0 Å². The first-order chi connectivity index (χ1) is 10.4. The van der Waals surface area contributed by atoms with Gasteiger partial charge in [-0.15, -0.1) is 0 Å². The Kier molecular flexibility index (Phi) is 5.10. The van der Waals surface area contributed by atoms with Crippen LogP contribution in [0.3, 0.4) is 0 Å². The lowest BCUT2D eigenvalue weighted by atomic mass is 9.77. The Labute approximate surface area is 132 Å². The molecule has 21 heavy (non-hydrogen) atoms. The highest BCUT2D eigenvalue weighted by atomic mass is 32.1. The van der Waals surface area contributed by atoms with Crippen LogP contribution >= 0.6 is 11.3 Å². The number of fused-ring (bicyclic) bond motifs is 1. The lowest BCUT2D eigenvalue weighted by Gasteiger charge is -2.33. The van der Waals surface area contributed by atoms with Crippen molar-refractivity contribution < 1.29 is 0 Å². The van der Waals surface area contributed by atoms with Crippen LogP contribution < -0.4 is 5.32 Å². The summed E-state index contributed by atoms with van der Waals surface area (Å²) < 4.78 is 0. The van der Waals surface area contributed by atoms with Crippen molar-refractivity contribution in [3.05, 3.63) is 57.8 Å². The second kappa shape index (κ2) is 7.24. The van der Waals surface area contributed by atoms with Crippen LogP contribution in [0.1, 0.15) is 48.8 Å². The van der Waals surface area contributed by atoms with Gasteiger partial charge in [0.15, 0.2) is 0 Å². The largest absolute Gasteiger partial charge is 0.313 e. The van der Waals surface area contributed by atoms with E-state index in [-0.39, 0.29) is 0 Å². The van der Waals surface area contributed by atoms with Crippen LogP contribution in [0.5, 0.6) is 0 Å². The number of rotatable bonds is 6. The van der Waals surface area contributed by atoms with Crippen LogP contribution in [0.4, 0.5) is 0 Å². The van der Waals surface area contributed by atoms with Gasteiger partial charge in [-0.3, -0.25) is 0 Å². The summed E-state index contributed by atoms with van der Waals surface area (Å²) in [5.41, 5.74) is 4.65. The van der Waals surface area contributed by atoms with Crippen LogP contribution in [-0.4, -0.2) is 12.6 Å². The molecular formula is C19H25NS. The molecule has 1 N–H and O–H groups in total. The van der Waals surface area contributed by atoms with Gasteiger partial charge in [0, 0.05) is 6.04 Å². The monoisotopic (exact) mass is 299 g/mol. The maximum atomic E-state index is 3.82. The summed E-state index contributed by atoms with van der Waals surface area (Å²) in [4.78, 5) is 0. The third kappa shape index (κ3) is 3.56. The Morgan fingerprint density at radius 3 is 3.00 bits per heavy atom. The Morgan fingerprint density at radius 2 is 2.19 bits per heavy atom. The van der Waals surface area contributed by atoms with Gasteiger partial charge in [-0.1, -0.05) is 31.2 Å². The molecule has 2 unspecified atom stereocenters. The molecule has 0 amide bonds. The third-order valence-corrected chi connectivity index (χ3v) is 5.33. The quantitative estimate of drug-likeness (QED) is 0.809. The zero-order chi connectivity index (χ0) is 14.5. The van der Waals surface area contributed by atoms with Crippen molar-refractivity contribution in [2.24, 2.45) is 0 Å². The molecule has 1 aliphatic carbocycles. The van der Waals surface area contributed by atoms with Gasteiger partial charge in [0.1, 0.15) is 0 Å². The molecule has 0 radical (unpaired) electrons. The first kappa shape index (κ1) is 14.8. The van der Waals surface area contributed by atoms with Crippen molar-refractivity contribution in [1.29, 1.82) is 0 Å². The number of hydrogen-bond donors (Lipinski definition) is 1. The summed E-state index contributed by atoms with van der Waals surface area (Å²) in [7, 11) is 0. The van der Waals surface area contributed by atoms with Crippen LogP contribution in [0.15, 0.2) is 41.1 Å². The van der Waals surface area contributed by atoms with Crippen molar-refractivity contribution in [2.45, 2.75) is 51.0 Å². The highest BCUT2D eigenvalue weighted by Crippen LogP contribution is 2.35. The fourth-order valence-electron chi connectivity index (χ4n) is 3.56. The third-order valence-electron chi connectivity index (χ3n) is 4.59. The molecule has 0 fully saturated rings. The molecular weight excluding hydrogens is 274 g/mol. The number of aryl methyl sites for hydroxylation is 1. The lowest BCUT2D eigenvalue weighted by molar-refractivity contribution is 0.389. The standard InChI is InChI=1S/C19H25NS/c1-2-11-20-19(13-15-10-12-21-14-15)18-9-5-7-16-6-3-4-8-17(16)18/h3-4,6,8,10,12,14,18-20H,2,5,7,9,11,13H2,1H3. The number of thiophene rings is 1. The van der Waals surface area contributed by atoms with Gasteiger partial charge < -0.3 is 5.32 Å². The summed E-state index contributed by atoms with van der Waals surface area (Å²) in [6.45, 7) is 3.37. The average Bonchev–Trinajstić information content (AvgIpc) is 3.04. The smallest absolute Gasteiger partial charge is 0.0177 e. The number of benzene rings is 1. The maximum absolute atomic E-state index is 3.82. The SMILES string of the molecule is CCCNC(Cc1ccsc1)C1CCCc2ccccc21. The molecule has 0 bridgehead atoms. The van der Waals surface area contributed by atoms with Crippen LogP contribution in [0.2, 0.25) is 0 Å². The topological polar surface area (TPSA) is 12.0 Å². The molecule has 1 nitrogen and oxygen atoms in total. The molecule has 0 aliphatic heterocycles. The number of nitrogens with one attached hydrogen (secondary N) is 1. The summed E-state index contributed by atoms with van der Waals surface area (Å²) in [5.74, 6) is 0.668. The van der Waals surface area contributed by atoms with Crippen molar-refractivity contribution >= 4 is 11.3 Å². The van der Waals surface area contributed by atoms with E-state index in [0.29, 0.717) is 12.0 Å². The molecule has 1 aromatic heterocycles. The normalized spacial score (nSPS) is 19.2. The number of hydrogen-bond acceptors (Lipinski definition) is 2. The summed E-state index contributed by atoms with van der Waals surface area (Å²) in [6.07, 6.45) is 6.26. The van der Waals surface area contributed by atoms with E-state index in [4.69, 9.17) is 0 Å². The van der Waals surface area contributed by atoms with Crippen molar-refractivity contribution in [3.8, 4) is 0 Å². The van der Waals surface area contributed by atoms with Gasteiger partial charge in [-0.2, -0.15) is 11.3 Å². The first-order valence-corrected chi connectivity index (χ1v) is 9.15. The fraction of sp³-hybridized carbons (Fsp3) is 0.474. The van der Waals surface area contributed by atoms with Gasteiger partial charge in [0.05, 0.1) is 0 Å². The van der Waals surface area contributed by atoms with Gasteiger partial charge in [0.2, 0.25) is 0 Å². The van der Waals surface area contributed by atoms with Gasteiger partial charge in [-0.25, -0.2) is 0 Å². The Balaban J connectivity index is 1.82. The predicted octanol–water partition coefficient (Wildman–Crippen LogP) is 4.78. The molecule has 0 saturated heterocycles. The van der Waals surface area contributed by atoms with Gasteiger partial charge in [-0.05, 0) is 78.1 Å². The molecule has 0 spiro atoms. The second-order valence-electron chi connectivity index (χ2n) is 6.09. The second-order valence-corrected chi connectivity index (χ2v) is 6.87. The molecule has 1 aromatic carbocycles.